The number of rotatable bonds is 5. The first-order valence-electron chi connectivity index (χ1n) is 5.28. The van der Waals surface area contributed by atoms with E-state index in [1.165, 1.54) is 11.3 Å². The molecule has 1 aromatic carbocycles. The van der Waals surface area contributed by atoms with Gasteiger partial charge in [-0.05, 0) is 24.7 Å². The fourth-order valence-corrected chi connectivity index (χ4v) is 3.23. The number of benzene rings is 1. The van der Waals surface area contributed by atoms with Crippen LogP contribution in [0.5, 0.6) is 0 Å². The lowest BCUT2D eigenvalue weighted by Crippen LogP contribution is -2.13. The van der Waals surface area contributed by atoms with E-state index in [9.17, 15) is 8.42 Å². The van der Waals surface area contributed by atoms with Gasteiger partial charge >= 0.3 is 0 Å². The Balaban J connectivity index is 2.19. The minimum atomic E-state index is -3.54. The molecule has 0 aliphatic heterocycles. The molecule has 0 saturated heterocycles. The number of hydrogen-bond donors (Lipinski definition) is 2. The molecule has 2 rings (SSSR count). The summed E-state index contributed by atoms with van der Waals surface area (Å²) in [5.41, 5.74) is 1.03. The molecule has 0 saturated carbocycles. The fourth-order valence-electron chi connectivity index (χ4n) is 1.44. The van der Waals surface area contributed by atoms with Gasteiger partial charge in [0.25, 0.3) is 10.0 Å². The average Bonchev–Trinajstić information content (AvgIpc) is 2.82. The molecule has 0 aliphatic rings. The zero-order valence-electron chi connectivity index (χ0n) is 9.75. The van der Waals surface area contributed by atoms with E-state index in [2.05, 4.69) is 15.0 Å². The van der Waals surface area contributed by atoms with E-state index in [-0.39, 0.29) is 4.90 Å². The largest absolute Gasteiger partial charge is 0.316 e. The average molecular weight is 283 g/mol. The quantitative estimate of drug-likeness (QED) is 0.875. The molecule has 0 unspecified atom stereocenters. The monoisotopic (exact) mass is 283 g/mol. The molecular formula is C11H13N3O2S2. The molecule has 1 aromatic heterocycles. The zero-order chi connectivity index (χ0) is 13.0. The Kier molecular flexibility index (Phi) is 3.95. The summed E-state index contributed by atoms with van der Waals surface area (Å²) in [7, 11) is -1.70. The van der Waals surface area contributed by atoms with Gasteiger partial charge < -0.3 is 5.32 Å². The lowest BCUT2D eigenvalue weighted by Gasteiger charge is -2.06. The van der Waals surface area contributed by atoms with Crippen LogP contribution in [0.4, 0.5) is 5.13 Å². The molecule has 0 aliphatic carbocycles. The van der Waals surface area contributed by atoms with Gasteiger partial charge in [-0.25, -0.2) is 13.4 Å². The molecular weight excluding hydrogens is 270 g/mol. The predicted octanol–water partition coefficient (Wildman–Crippen LogP) is 1.66. The van der Waals surface area contributed by atoms with Gasteiger partial charge in [0.2, 0.25) is 0 Å². The van der Waals surface area contributed by atoms with Crippen molar-refractivity contribution < 1.29 is 8.42 Å². The summed E-state index contributed by atoms with van der Waals surface area (Å²) in [6.07, 6.45) is 1.55. The van der Waals surface area contributed by atoms with Crippen LogP contribution in [0.2, 0.25) is 0 Å². The molecule has 18 heavy (non-hydrogen) atoms. The second-order valence-electron chi connectivity index (χ2n) is 3.62. The van der Waals surface area contributed by atoms with Gasteiger partial charge in [-0.3, -0.25) is 4.72 Å². The molecule has 0 bridgehead atoms. The van der Waals surface area contributed by atoms with Gasteiger partial charge in [-0.1, -0.05) is 12.1 Å². The van der Waals surface area contributed by atoms with Crippen molar-refractivity contribution in [3.63, 3.8) is 0 Å². The minimum absolute atomic E-state index is 0.234. The Morgan fingerprint density at radius 3 is 2.56 bits per heavy atom. The van der Waals surface area contributed by atoms with Crippen LogP contribution in [0.15, 0.2) is 40.7 Å². The summed E-state index contributed by atoms with van der Waals surface area (Å²) < 4.78 is 26.4. The van der Waals surface area contributed by atoms with Crippen molar-refractivity contribution in [3.05, 3.63) is 41.4 Å². The van der Waals surface area contributed by atoms with E-state index in [0.29, 0.717) is 11.7 Å². The smallest absolute Gasteiger partial charge is 0.263 e. The normalized spacial score (nSPS) is 11.4. The molecule has 1 heterocycles. The van der Waals surface area contributed by atoms with Crippen LogP contribution < -0.4 is 10.0 Å². The van der Waals surface area contributed by atoms with E-state index in [0.717, 1.165) is 5.56 Å². The molecule has 2 N–H and O–H groups in total. The Labute approximate surface area is 110 Å². The summed E-state index contributed by atoms with van der Waals surface area (Å²) >= 11 is 1.24. The van der Waals surface area contributed by atoms with Crippen LogP contribution in [-0.2, 0) is 16.6 Å². The third-order valence-electron chi connectivity index (χ3n) is 2.27. The highest BCUT2D eigenvalue weighted by Crippen LogP contribution is 2.18. The van der Waals surface area contributed by atoms with E-state index < -0.39 is 10.0 Å². The van der Waals surface area contributed by atoms with Crippen molar-refractivity contribution in [1.82, 2.24) is 10.3 Å². The van der Waals surface area contributed by atoms with E-state index >= 15 is 0 Å². The van der Waals surface area contributed by atoms with Crippen molar-refractivity contribution in [3.8, 4) is 0 Å². The molecule has 0 amide bonds. The number of nitrogens with zero attached hydrogens (tertiary/aromatic N) is 1. The molecule has 96 valence electrons. The van der Waals surface area contributed by atoms with Gasteiger partial charge in [-0.15, -0.1) is 11.3 Å². The first-order valence-corrected chi connectivity index (χ1v) is 7.64. The maximum Gasteiger partial charge on any atom is 0.263 e. The first kappa shape index (κ1) is 13.0. The molecule has 0 fully saturated rings. The van der Waals surface area contributed by atoms with Crippen LogP contribution in [0.25, 0.3) is 0 Å². The predicted molar refractivity (Wildman–Crippen MR) is 72.1 cm³/mol. The van der Waals surface area contributed by atoms with Gasteiger partial charge in [0.05, 0.1) is 4.90 Å². The van der Waals surface area contributed by atoms with Gasteiger partial charge in [0.1, 0.15) is 0 Å². The Morgan fingerprint density at radius 1 is 1.28 bits per heavy atom. The molecule has 7 heteroatoms. The van der Waals surface area contributed by atoms with E-state index in [1.807, 2.05) is 7.05 Å². The standard InChI is InChI=1S/C11H13N3O2S2/c1-12-8-9-2-4-10(5-3-9)18(15,16)14-11-13-6-7-17-11/h2-7,12H,8H2,1H3,(H,13,14). The zero-order valence-corrected chi connectivity index (χ0v) is 11.4. The lowest BCUT2D eigenvalue weighted by atomic mass is 10.2. The third kappa shape index (κ3) is 3.06. The van der Waals surface area contributed by atoms with Crippen LogP contribution >= 0.6 is 11.3 Å². The number of nitrogens with one attached hydrogen (secondary N) is 2. The highest BCUT2D eigenvalue weighted by molar-refractivity contribution is 7.93. The van der Waals surface area contributed by atoms with Crippen LogP contribution in [0, 0.1) is 0 Å². The molecule has 0 spiro atoms. The Bertz CT molecular complexity index is 592. The molecule has 0 atom stereocenters. The van der Waals surface area contributed by atoms with Crippen molar-refractivity contribution in [1.29, 1.82) is 0 Å². The topological polar surface area (TPSA) is 71.1 Å². The number of aromatic nitrogens is 1. The van der Waals surface area contributed by atoms with Crippen LogP contribution in [-0.4, -0.2) is 20.4 Å². The summed E-state index contributed by atoms with van der Waals surface area (Å²) in [4.78, 5) is 4.13. The number of hydrogen-bond acceptors (Lipinski definition) is 5. The highest BCUT2D eigenvalue weighted by atomic mass is 32.2. The Hall–Kier alpha value is -1.44. The third-order valence-corrected chi connectivity index (χ3v) is 4.44. The maximum atomic E-state index is 12.0. The van der Waals surface area contributed by atoms with Crippen molar-refractivity contribution in [2.24, 2.45) is 0 Å². The minimum Gasteiger partial charge on any atom is -0.316 e. The number of anilines is 1. The van der Waals surface area contributed by atoms with E-state index in [4.69, 9.17) is 0 Å². The SMILES string of the molecule is CNCc1ccc(S(=O)(=O)Nc2nccs2)cc1. The van der Waals surface area contributed by atoms with Gasteiger partial charge in [-0.2, -0.15) is 0 Å². The molecule has 2 aromatic rings. The summed E-state index contributed by atoms with van der Waals surface area (Å²) in [5, 5.41) is 5.09. The van der Waals surface area contributed by atoms with Crippen molar-refractivity contribution in [2.45, 2.75) is 11.4 Å². The van der Waals surface area contributed by atoms with Crippen molar-refractivity contribution in [2.75, 3.05) is 11.8 Å². The molecule has 0 radical (unpaired) electrons. The lowest BCUT2D eigenvalue weighted by molar-refractivity contribution is 0.601. The summed E-state index contributed by atoms with van der Waals surface area (Å²) in [6.45, 7) is 0.709. The second kappa shape index (κ2) is 5.47. The van der Waals surface area contributed by atoms with Gasteiger partial charge in [0.15, 0.2) is 5.13 Å². The van der Waals surface area contributed by atoms with E-state index in [1.54, 1.807) is 35.8 Å². The Morgan fingerprint density at radius 2 is 2.00 bits per heavy atom. The van der Waals surface area contributed by atoms with Crippen LogP contribution in [0.1, 0.15) is 5.56 Å². The van der Waals surface area contributed by atoms with Gasteiger partial charge in [0, 0.05) is 18.1 Å². The van der Waals surface area contributed by atoms with Crippen molar-refractivity contribution >= 4 is 26.5 Å². The highest BCUT2D eigenvalue weighted by Gasteiger charge is 2.14. The van der Waals surface area contributed by atoms with Crippen LogP contribution in [0.3, 0.4) is 0 Å². The summed E-state index contributed by atoms with van der Waals surface area (Å²) in [5.74, 6) is 0. The maximum absolute atomic E-state index is 12.0. The first-order chi connectivity index (χ1) is 8.62. The number of thiazole rings is 1. The fraction of sp³-hybridized carbons (Fsp3) is 0.182. The summed E-state index contributed by atoms with van der Waals surface area (Å²) in [6, 6.07) is 6.74. The molecule has 5 nitrogen and oxygen atoms in total. The number of sulfonamides is 1. The second-order valence-corrected chi connectivity index (χ2v) is 6.19.